The minimum absolute atomic E-state index is 0.579. The number of hydrogen-bond donors (Lipinski definition) is 0. The van der Waals surface area contributed by atoms with Crippen molar-refractivity contribution in [3.05, 3.63) is 35.9 Å². The molecule has 0 unspecified atom stereocenters. The van der Waals surface area contributed by atoms with Crippen LogP contribution < -0.4 is 14.2 Å². The van der Waals surface area contributed by atoms with Crippen LogP contribution in [0.3, 0.4) is 0 Å². The molecule has 0 amide bonds. The first-order valence-electron chi connectivity index (χ1n) is 7.33. The third kappa shape index (κ3) is 2.38. The van der Waals surface area contributed by atoms with Gasteiger partial charge in [0.05, 0.1) is 26.8 Å². The lowest BCUT2D eigenvalue weighted by Gasteiger charge is -2.13. The zero-order valence-corrected chi connectivity index (χ0v) is 14.0. The molecule has 0 atom stereocenters. The molecule has 3 aromatic rings. The van der Waals surface area contributed by atoms with E-state index in [-0.39, 0.29) is 0 Å². The molecule has 0 aliphatic heterocycles. The minimum atomic E-state index is 0.579. The van der Waals surface area contributed by atoms with Gasteiger partial charge in [-0.15, -0.1) is 0 Å². The molecular formula is C18H20N2O3. The van der Waals surface area contributed by atoms with E-state index in [0.29, 0.717) is 17.2 Å². The molecule has 0 saturated carbocycles. The summed E-state index contributed by atoms with van der Waals surface area (Å²) in [6.45, 7) is 2.09. The Morgan fingerprint density at radius 3 is 2.17 bits per heavy atom. The molecule has 2 aromatic carbocycles. The lowest BCUT2D eigenvalue weighted by Crippen LogP contribution is -1.96. The van der Waals surface area contributed by atoms with Crippen molar-refractivity contribution in [2.75, 3.05) is 21.3 Å². The van der Waals surface area contributed by atoms with E-state index < -0.39 is 0 Å². The Labute approximate surface area is 135 Å². The van der Waals surface area contributed by atoms with Gasteiger partial charge < -0.3 is 14.2 Å². The number of nitrogens with zero attached hydrogens (tertiary/aromatic N) is 2. The smallest absolute Gasteiger partial charge is 0.203 e. The molecule has 120 valence electrons. The predicted molar refractivity (Wildman–Crippen MR) is 90.5 cm³/mol. The number of aryl methyl sites for hydroxylation is 2. The van der Waals surface area contributed by atoms with E-state index in [1.165, 1.54) is 5.56 Å². The normalized spacial score (nSPS) is 10.8. The lowest BCUT2D eigenvalue weighted by molar-refractivity contribution is 0.324. The fourth-order valence-electron chi connectivity index (χ4n) is 2.90. The number of methoxy groups -OCH3 is 3. The Bertz CT molecular complexity index is 843. The van der Waals surface area contributed by atoms with Gasteiger partial charge in [0.15, 0.2) is 11.5 Å². The van der Waals surface area contributed by atoms with E-state index in [4.69, 9.17) is 19.3 Å². The van der Waals surface area contributed by atoms with E-state index in [1.807, 2.05) is 29.9 Å². The van der Waals surface area contributed by atoms with Gasteiger partial charge in [-0.2, -0.15) is 5.10 Å². The van der Waals surface area contributed by atoms with Crippen LogP contribution in [-0.4, -0.2) is 31.1 Å². The molecule has 0 spiro atoms. The van der Waals surface area contributed by atoms with Gasteiger partial charge in [-0.3, -0.25) is 4.68 Å². The standard InChI is InChI=1S/C18H20N2O3/c1-11-7-6-8-13-16(11)17(19-20(13)2)12-9-14(21-3)18(23-5)15(10-12)22-4/h6-10H,1-5H3. The molecular weight excluding hydrogens is 292 g/mol. The Morgan fingerprint density at radius 1 is 0.957 bits per heavy atom. The van der Waals surface area contributed by atoms with Gasteiger partial charge in [-0.1, -0.05) is 12.1 Å². The van der Waals surface area contributed by atoms with Crippen LogP contribution in [0.4, 0.5) is 0 Å². The van der Waals surface area contributed by atoms with Crippen molar-refractivity contribution in [3.8, 4) is 28.5 Å². The Hall–Kier alpha value is -2.69. The summed E-state index contributed by atoms with van der Waals surface area (Å²) in [5.74, 6) is 1.82. The largest absolute Gasteiger partial charge is 0.493 e. The third-order valence-corrected chi connectivity index (χ3v) is 4.02. The summed E-state index contributed by atoms with van der Waals surface area (Å²) in [5.41, 5.74) is 4.10. The summed E-state index contributed by atoms with van der Waals surface area (Å²) >= 11 is 0. The molecule has 5 nitrogen and oxygen atoms in total. The second-order valence-corrected chi connectivity index (χ2v) is 5.36. The zero-order chi connectivity index (χ0) is 16.6. The molecule has 0 aliphatic carbocycles. The van der Waals surface area contributed by atoms with Crippen molar-refractivity contribution in [2.24, 2.45) is 7.05 Å². The van der Waals surface area contributed by atoms with Gasteiger partial charge in [-0.25, -0.2) is 0 Å². The average molecular weight is 312 g/mol. The molecule has 0 fully saturated rings. The van der Waals surface area contributed by atoms with Gasteiger partial charge in [0.2, 0.25) is 5.75 Å². The Kier molecular flexibility index (Phi) is 3.86. The molecule has 1 aromatic heterocycles. The van der Waals surface area contributed by atoms with E-state index in [0.717, 1.165) is 22.2 Å². The second-order valence-electron chi connectivity index (χ2n) is 5.36. The SMILES string of the molecule is COc1cc(-c2nn(C)c3cccc(C)c23)cc(OC)c1OC. The van der Waals surface area contributed by atoms with Gasteiger partial charge in [-0.05, 0) is 30.7 Å². The number of hydrogen-bond acceptors (Lipinski definition) is 4. The predicted octanol–water partition coefficient (Wildman–Crippen LogP) is 3.57. The van der Waals surface area contributed by atoms with Crippen molar-refractivity contribution >= 4 is 10.9 Å². The van der Waals surface area contributed by atoms with Crippen LogP contribution in [0.2, 0.25) is 0 Å². The number of benzene rings is 2. The van der Waals surface area contributed by atoms with Crippen LogP contribution in [-0.2, 0) is 7.05 Å². The van der Waals surface area contributed by atoms with E-state index in [1.54, 1.807) is 21.3 Å². The highest BCUT2D eigenvalue weighted by Gasteiger charge is 2.18. The molecule has 3 rings (SSSR count). The molecule has 0 N–H and O–H groups in total. The monoisotopic (exact) mass is 312 g/mol. The van der Waals surface area contributed by atoms with Gasteiger partial charge in [0.25, 0.3) is 0 Å². The maximum atomic E-state index is 5.45. The first-order chi connectivity index (χ1) is 11.1. The number of ether oxygens (including phenoxy) is 3. The zero-order valence-electron chi connectivity index (χ0n) is 14.0. The highest BCUT2D eigenvalue weighted by molar-refractivity contribution is 5.96. The maximum Gasteiger partial charge on any atom is 0.203 e. The van der Waals surface area contributed by atoms with Crippen LogP contribution in [0.1, 0.15) is 5.56 Å². The molecule has 0 bridgehead atoms. The van der Waals surface area contributed by atoms with E-state index in [9.17, 15) is 0 Å². The van der Waals surface area contributed by atoms with Crippen LogP contribution in [0, 0.1) is 6.92 Å². The molecule has 0 saturated heterocycles. The summed E-state index contributed by atoms with van der Waals surface area (Å²) in [6.07, 6.45) is 0. The average Bonchev–Trinajstić information content (AvgIpc) is 2.92. The minimum Gasteiger partial charge on any atom is -0.493 e. The van der Waals surface area contributed by atoms with Crippen LogP contribution >= 0.6 is 0 Å². The highest BCUT2D eigenvalue weighted by Crippen LogP contribution is 2.42. The van der Waals surface area contributed by atoms with Gasteiger partial charge in [0.1, 0.15) is 5.69 Å². The van der Waals surface area contributed by atoms with Crippen molar-refractivity contribution < 1.29 is 14.2 Å². The number of fused-ring (bicyclic) bond motifs is 1. The van der Waals surface area contributed by atoms with Crippen molar-refractivity contribution in [1.82, 2.24) is 9.78 Å². The number of rotatable bonds is 4. The first-order valence-corrected chi connectivity index (χ1v) is 7.33. The van der Waals surface area contributed by atoms with Gasteiger partial charge in [0, 0.05) is 18.0 Å². The van der Waals surface area contributed by atoms with Crippen molar-refractivity contribution in [2.45, 2.75) is 6.92 Å². The van der Waals surface area contributed by atoms with Gasteiger partial charge >= 0.3 is 0 Å². The summed E-state index contributed by atoms with van der Waals surface area (Å²) in [5, 5.41) is 5.82. The lowest BCUT2D eigenvalue weighted by atomic mass is 10.0. The second kappa shape index (κ2) is 5.83. The molecule has 1 heterocycles. The summed E-state index contributed by atoms with van der Waals surface area (Å²) in [6, 6.07) is 10.0. The van der Waals surface area contributed by atoms with Crippen LogP contribution in [0.15, 0.2) is 30.3 Å². The Morgan fingerprint density at radius 2 is 1.61 bits per heavy atom. The quantitative estimate of drug-likeness (QED) is 0.739. The topological polar surface area (TPSA) is 45.5 Å². The van der Waals surface area contributed by atoms with Crippen molar-refractivity contribution in [3.63, 3.8) is 0 Å². The Balaban J connectivity index is 2.31. The fraction of sp³-hybridized carbons (Fsp3) is 0.278. The van der Waals surface area contributed by atoms with E-state index >= 15 is 0 Å². The van der Waals surface area contributed by atoms with E-state index in [2.05, 4.69) is 19.1 Å². The first kappa shape index (κ1) is 15.2. The summed E-state index contributed by atoms with van der Waals surface area (Å²) in [7, 11) is 6.77. The summed E-state index contributed by atoms with van der Waals surface area (Å²) < 4.78 is 18.2. The molecule has 0 radical (unpaired) electrons. The molecule has 0 aliphatic rings. The van der Waals surface area contributed by atoms with Crippen molar-refractivity contribution in [1.29, 1.82) is 0 Å². The highest BCUT2D eigenvalue weighted by atomic mass is 16.5. The third-order valence-electron chi connectivity index (χ3n) is 4.02. The fourth-order valence-corrected chi connectivity index (χ4v) is 2.90. The molecule has 5 heteroatoms. The summed E-state index contributed by atoms with van der Waals surface area (Å²) in [4.78, 5) is 0. The maximum absolute atomic E-state index is 5.45. The van der Waals surface area contributed by atoms with Crippen LogP contribution in [0.5, 0.6) is 17.2 Å². The van der Waals surface area contributed by atoms with Crippen LogP contribution in [0.25, 0.3) is 22.2 Å². The molecule has 23 heavy (non-hydrogen) atoms. The number of aromatic nitrogens is 2.